The van der Waals surface area contributed by atoms with Gasteiger partial charge in [0.05, 0.1) is 11.9 Å². The fraction of sp³-hybridized carbons (Fsp3) is 0.250. The van der Waals surface area contributed by atoms with Crippen molar-refractivity contribution in [2.24, 2.45) is 7.05 Å². The number of aliphatic hydroxyl groups is 1. The van der Waals surface area contributed by atoms with Crippen molar-refractivity contribution in [2.45, 2.75) is 25.9 Å². The number of hydrogen-bond acceptors (Lipinski definition) is 2. The standard InChI is InChI=1S/C20H22N2O/c1-4-19-21-14-18(22(19)3)20(23,16-8-6-5-7-9-16)17-12-10-15(2)11-13-17/h5-14,23H,4H2,1-3H3. The average Bonchev–Trinajstić information content (AvgIpc) is 2.97. The van der Waals surface area contributed by atoms with Crippen LogP contribution in [0.3, 0.4) is 0 Å². The molecule has 3 heteroatoms. The quantitative estimate of drug-likeness (QED) is 0.800. The molecule has 0 aliphatic carbocycles. The van der Waals surface area contributed by atoms with Gasteiger partial charge in [0.1, 0.15) is 5.82 Å². The van der Waals surface area contributed by atoms with Gasteiger partial charge in [0, 0.05) is 13.5 Å². The summed E-state index contributed by atoms with van der Waals surface area (Å²) in [6, 6.07) is 17.8. The molecule has 1 unspecified atom stereocenters. The minimum Gasteiger partial charge on any atom is -0.374 e. The van der Waals surface area contributed by atoms with E-state index in [1.54, 1.807) is 6.20 Å². The number of imidazole rings is 1. The molecule has 3 aromatic rings. The van der Waals surface area contributed by atoms with Crippen molar-refractivity contribution in [1.82, 2.24) is 9.55 Å². The van der Waals surface area contributed by atoms with E-state index in [0.717, 1.165) is 29.1 Å². The van der Waals surface area contributed by atoms with E-state index in [1.165, 1.54) is 5.56 Å². The van der Waals surface area contributed by atoms with Crippen LogP contribution in [-0.2, 0) is 19.1 Å². The Morgan fingerprint density at radius 3 is 2.17 bits per heavy atom. The minimum absolute atomic E-state index is 0.782. The number of aromatic nitrogens is 2. The zero-order chi connectivity index (χ0) is 16.4. The smallest absolute Gasteiger partial charge is 0.156 e. The summed E-state index contributed by atoms with van der Waals surface area (Å²) in [5, 5.41) is 11.7. The molecule has 0 aliphatic heterocycles. The first kappa shape index (κ1) is 15.5. The highest BCUT2D eigenvalue weighted by molar-refractivity contribution is 5.45. The van der Waals surface area contributed by atoms with E-state index in [1.807, 2.05) is 73.1 Å². The lowest BCUT2D eigenvalue weighted by Gasteiger charge is -2.30. The summed E-state index contributed by atoms with van der Waals surface area (Å²) < 4.78 is 1.99. The van der Waals surface area contributed by atoms with E-state index in [0.29, 0.717) is 0 Å². The molecule has 0 spiro atoms. The van der Waals surface area contributed by atoms with Gasteiger partial charge >= 0.3 is 0 Å². The summed E-state index contributed by atoms with van der Waals surface area (Å²) in [5.74, 6) is 0.960. The third-order valence-corrected chi connectivity index (χ3v) is 4.43. The first-order valence-corrected chi connectivity index (χ1v) is 7.93. The Morgan fingerprint density at radius 1 is 1.00 bits per heavy atom. The van der Waals surface area contributed by atoms with Crippen LogP contribution in [0.5, 0.6) is 0 Å². The van der Waals surface area contributed by atoms with Crippen molar-refractivity contribution >= 4 is 0 Å². The lowest BCUT2D eigenvalue weighted by atomic mass is 9.83. The highest BCUT2D eigenvalue weighted by Gasteiger charge is 2.36. The second-order valence-electron chi connectivity index (χ2n) is 5.91. The van der Waals surface area contributed by atoms with Gasteiger partial charge in [0.2, 0.25) is 0 Å². The van der Waals surface area contributed by atoms with Gasteiger partial charge < -0.3 is 9.67 Å². The Kier molecular flexibility index (Phi) is 4.05. The summed E-state index contributed by atoms with van der Waals surface area (Å²) in [4.78, 5) is 4.47. The molecule has 23 heavy (non-hydrogen) atoms. The van der Waals surface area contributed by atoms with Crippen LogP contribution >= 0.6 is 0 Å². The van der Waals surface area contributed by atoms with Crippen LogP contribution in [-0.4, -0.2) is 14.7 Å². The third-order valence-electron chi connectivity index (χ3n) is 4.43. The molecule has 0 amide bonds. The molecule has 0 saturated carbocycles. The Bertz CT molecular complexity index is 790. The summed E-state index contributed by atoms with van der Waals surface area (Å²) in [5.41, 5.74) is 2.42. The molecule has 2 aromatic carbocycles. The molecular weight excluding hydrogens is 284 g/mol. The largest absolute Gasteiger partial charge is 0.374 e. The fourth-order valence-corrected chi connectivity index (χ4v) is 3.05. The molecule has 0 saturated heterocycles. The average molecular weight is 306 g/mol. The molecule has 0 aliphatic rings. The normalized spacial score (nSPS) is 13.7. The van der Waals surface area contributed by atoms with Gasteiger partial charge in [-0.05, 0) is 18.1 Å². The molecule has 0 radical (unpaired) electrons. The van der Waals surface area contributed by atoms with Crippen molar-refractivity contribution in [3.8, 4) is 0 Å². The van der Waals surface area contributed by atoms with Gasteiger partial charge in [-0.2, -0.15) is 0 Å². The van der Waals surface area contributed by atoms with Crippen LogP contribution in [0.1, 0.15) is 35.1 Å². The zero-order valence-electron chi connectivity index (χ0n) is 13.8. The van der Waals surface area contributed by atoms with Gasteiger partial charge in [-0.15, -0.1) is 0 Å². The summed E-state index contributed by atoms with van der Waals surface area (Å²) in [6.07, 6.45) is 2.61. The first-order chi connectivity index (χ1) is 11.1. The summed E-state index contributed by atoms with van der Waals surface area (Å²) in [6.45, 7) is 4.12. The van der Waals surface area contributed by atoms with Crippen LogP contribution in [0, 0.1) is 6.92 Å². The maximum absolute atomic E-state index is 11.7. The Labute approximate surface area is 137 Å². The van der Waals surface area contributed by atoms with E-state index < -0.39 is 5.60 Å². The highest BCUT2D eigenvalue weighted by Crippen LogP contribution is 2.36. The van der Waals surface area contributed by atoms with Crippen molar-refractivity contribution in [3.63, 3.8) is 0 Å². The molecule has 0 fully saturated rings. The lowest BCUT2D eigenvalue weighted by Crippen LogP contribution is -2.31. The predicted octanol–water partition coefficient (Wildman–Crippen LogP) is 3.58. The molecular formula is C20H22N2O. The van der Waals surface area contributed by atoms with Crippen LogP contribution in [0.25, 0.3) is 0 Å². The van der Waals surface area contributed by atoms with E-state index >= 15 is 0 Å². The number of nitrogens with zero attached hydrogens (tertiary/aromatic N) is 2. The summed E-state index contributed by atoms with van der Waals surface area (Å²) >= 11 is 0. The molecule has 0 bridgehead atoms. The van der Waals surface area contributed by atoms with Crippen LogP contribution in [0.4, 0.5) is 0 Å². The molecule has 1 N–H and O–H groups in total. The highest BCUT2D eigenvalue weighted by atomic mass is 16.3. The van der Waals surface area contributed by atoms with Crippen molar-refractivity contribution < 1.29 is 5.11 Å². The number of benzene rings is 2. The Morgan fingerprint density at radius 2 is 1.61 bits per heavy atom. The second kappa shape index (κ2) is 6.01. The van der Waals surface area contributed by atoms with Crippen molar-refractivity contribution in [1.29, 1.82) is 0 Å². The topological polar surface area (TPSA) is 38.1 Å². The van der Waals surface area contributed by atoms with E-state index in [4.69, 9.17) is 0 Å². The SMILES string of the molecule is CCc1ncc(C(O)(c2ccccc2)c2ccc(C)cc2)n1C. The van der Waals surface area contributed by atoms with Crippen molar-refractivity contribution in [3.05, 3.63) is 89.0 Å². The molecule has 118 valence electrons. The molecule has 3 rings (SSSR count). The maximum Gasteiger partial charge on any atom is 0.156 e. The monoisotopic (exact) mass is 306 g/mol. The first-order valence-electron chi connectivity index (χ1n) is 7.93. The second-order valence-corrected chi connectivity index (χ2v) is 5.91. The van der Waals surface area contributed by atoms with Gasteiger partial charge in [-0.1, -0.05) is 67.1 Å². The van der Waals surface area contributed by atoms with E-state index in [9.17, 15) is 5.11 Å². The third kappa shape index (κ3) is 2.57. The Hall–Kier alpha value is -2.39. The van der Waals surface area contributed by atoms with Gasteiger partial charge in [0.15, 0.2) is 5.60 Å². The van der Waals surface area contributed by atoms with Crippen molar-refractivity contribution in [2.75, 3.05) is 0 Å². The molecule has 1 aromatic heterocycles. The Balaban J connectivity index is 2.25. The van der Waals surface area contributed by atoms with E-state index in [2.05, 4.69) is 11.9 Å². The molecule has 3 nitrogen and oxygen atoms in total. The number of hydrogen-bond donors (Lipinski definition) is 1. The van der Waals surface area contributed by atoms with Gasteiger partial charge in [-0.3, -0.25) is 0 Å². The van der Waals surface area contributed by atoms with E-state index in [-0.39, 0.29) is 0 Å². The molecule has 1 atom stereocenters. The fourth-order valence-electron chi connectivity index (χ4n) is 3.05. The maximum atomic E-state index is 11.7. The van der Waals surface area contributed by atoms with Crippen LogP contribution < -0.4 is 0 Å². The molecule has 1 heterocycles. The van der Waals surface area contributed by atoms with Gasteiger partial charge in [0.25, 0.3) is 0 Å². The van der Waals surface area contributed by atoms with Crippen LogP contribution in [0.15, 0.2) is 60.8 Å². The predicted molar refractivity (Wildman–Crippen MR) is 92.3 cm³/mol. The number of rotatable bonds is 4. The van der Waals surface area contributed by atoms with Gasteiger partial charge in [-0.25, -0.2) is 4.98 Å². The number of aryl methyl sites for hydroxylation is 2. The van der Waals surface area contributed by atoms with Crippen LogP contribution in [0.2, 0.25) is 0 Å². The minimum atomic E-state index is -1.22. The zero-order valence-corrected chi connectivity index (χ0v) is 13.8. The lowest BCUT2D eigenvalue weighted by molar-refractivity contribution is 0.117. The summed E-state index contributed by atoms with van der Waals surface area (Å²) in [7, 11) is 1.96.